The number of imide groups is 1. The summed E-state index contributed by atoms with van der Waals surface area (Å²) in [5.41, 5.74) is 3.02. The van der Waals surface area contributed by atoms with Crippen LogP contribution in [0.5, 0.6) is 0 Å². The van der Waals surface area contributed by atoms with Crippen molar-refractivity contribution < 1.29 is 14.4 Å². The summed E-state index contributed by atoms with van der Waals surface area (Å²) in [5, 5.41) is 4.87. The van der Waals surface area contributed by atoms with Gasteiger partial charge >= 0.3 is 6.03 Å². The number of thiophene rings is 1. The average molecular weight is 380 g/mol. The minimum Gasteiger partial charge on any atom is -0.319 e. The van der Waals surface area contributed by atoms with Crippen molar-refractivity contribution in [1.82, 2.24) is 10.2 Å². The van der Waals surface area contributed by atoms with E-state index in [2.05, 4.69) is 5.32 Å². The third-order valence-electron chi connectivity index (χ3n) is 6.06. The Labute approximate surface area is 161 Å². The first-order chi connectivity index (χ1) is 13.1. The Morgan fingerprint density at radius 2 is 1.96 bits per heavy atom. The molecule has 5 nitrogen and oxygen atoms in total. The summed E-state index contributed by atoms with van der Waals surface area (Å²) in [7, 11) is 0. The SMILES string of the molecule is O=C(CN1C(=O)N[C@@]2(CCCc3sccc32)C1=O)c1ccc2c(c1)CCC2. The highest BCUT2D eigenvalue weighted by Gasteiger charge is 2.54. The summed E-state index contributed by atoms with van der Waals surface area (Å²) in [5.74, 6) is -0.479. The lowest BCUT2D eigenvalue weighted by molar-refractivity contribution is -0.131. The van der Waals surface area contributed by atoms with E-state index >= 15 is 0 Å². The second-order valence-electron chi connectivity index (χ2n) is 7.60. The van der Waals surface area contributed by atoms with Gasteiger partial charge in [0.2, 0.25) is 0 Å². The molecule has 0 radical (unpaired) electrons. The largest absolute Gasteiger partial charge is 0.325 e. The molecule has 1 aromatic carbocycles. The molecule has 138 valence electrons. The number of Topliss-reactive ketones (excluding diaryl/α,β-unsaturated/α-hetero) is 1. The number of benzene rings is 1. The monoisotopic (exact) mass is 380 g/mol. The first kappa shape index (κ1) is 16.7. The van der Waals surface area contributed by atoms with E-state index in [4.69, 9.17) is 0 Å². The normalized spacial score (nSPS) is 23.5. The molecule has 5 rings (SSSR count). The summed E-state index contributed by atoms with van der Waals surface area (Å²) >= 11 is 1.62. The Kier molecular flexibility index (Phi) is 3.72. The van der Waals surface area contributed by atoms with Gasteiger partial charge in [0.25, 0.3) is 5.91 Å². The fourth-order valence-corrected chi connectivity index (χ4v) is 5.66. The Morgan fingerprint density at radius 1 is 1.11 bits per heavy atom. The molecule has 27 heavy (non-hydrogen) atoms. The van der Waals surface area contributed by atoms with Gasteiger partial charge in [0.15, 0.2) is 5.78 Å². The molecule has 3 amide bonds. The van der Waals surface area contributed by atoms with Crippen molar-refractivity contribution in [3.8, 4) is 0 Å². The molecular weight excluding hydrogens is 360 g/mol. The summed E-state index contributed by atoms with van der Waals surface area (Å²) in [4.78, 5) is 40.8. The van der Waals surface area contributed by atoms with Crippen LogP contribution >= 0.6 is 11.3 Å². The summed E-state index contributed by atoms with van der Waals surface area (Å²) in [6, 6.07) is 7.22. The molecule has 1 N–H and O–H groups in total. The second-order valence-corrected chi connectivity index (χ2v) is 8.60. The zero-order chi connectivity index (χ0) is 18.6. The van der Waals surface area contributed by atoms with Crippen molar-refractivity contribution in [2.24, 2.45) is 0 Å². The van der Waals surface area contributed by atoms with Gasteiger partial charge in [-0.1, -0.05) is 12.1 Å². The molecule has 0 bridgehead atoms. The van der Waals surface area contributed by atoms with Crippen LogP contribution in [0.25, 0.3) is 0 Å². The summed E-state index contributed by atoms with van der Waals surface area (Å²) in [6.07, 6.45) is 5.54. The number of aryl methyl sites for hydroxylation is 3. The Morgan fingerprint density at radius 3 is 2.85 bits per heavy atom. The Hall–Kier alpha value is -2.47. The Bertz CT molecular complexity index is 980. The Balaban J connectivity index is 1.41. The zero-order valence-electron chi connectivity index (χ0n) is 14.9. The van der Waals surface area contributed by atoms with E-state index in [0.29, 0.717) is 12.0 Å². The van der Waals surface area contributed by atoms with Gasteiger partial charge in [-0.25, -0.2) is 4.79 Å². The van der Waals surface area contributed by atoms with Crippen molar-refractivity contribution in [3.63, 3.8) is 0 Å². The summed E-state index contributed by atoms with van der Waals surface area (Å²) in [6.45, 7) is -0.204. The molecule has 1 atom stereocenters. The first-order valence-electron chi connectivity index (χ1n) is 9.44. The van der Waals surface area contributed by atoms with E-state index in [0.717, 1.165) is 47.4 Å². The predicted molar refractivity (Wildman–Crippen MR) is 102 cm³/mol. The molecule has 2 aromatic rings. The molecule has 0 unspecified atom stereocenters. The molecule has 6 heteroatoms. The standard InChI is InChI=1S/C21H20N2O3S/c24-17(15-7-6-13-3-1-4-14(13)11-15)12-23-19(25)21(22-20(23)26)9-2-5-18-16(21)8-10-27-18/h6-8,10-11H,1-5,9,12H2,(H,22,26)/t21-/m1/s1. The smallest absolute Gasteiger partial charge is 0.319 e. The van der Waals surface area contributed by atoms with Crippen molar-refractivity contribution in [2.45, 2.75) is 44.1 Å². The number of carbonyl (C=O) groups is 3. The number of amides is 3. The molecule has 0 saturated carbocycles. The highest BCUT2D eigenvalue weighted by atomic mass is 32.1. The van der Waals surface area contributed by atoms with Crippen LogP contribution in [0.15, 0.2) is 29.6 Å². The van der Waals surface area contributed by atoms with E-state index in [1.54, 1.807) is 11.3 Å². The van der Waals surface area contributed by atoms with E-state index in [1.807, 2.05) is 29.6 Å². The third-order valence-corrected chi connectivity index (χ3v) is 7.04. The molecule has 1 aliphatic heterocycles. The third kappa shape index (κ3) is 2.46. The molecule has 1 fully saturated rings. The molecule has 1 saturated heterocycles. The van der Waals surface area contributed by atoms with Gasteiger partial charge in [0.05, 0.1) is 6.54 Å². The van der Waals surface area contributed by atoms with Crippen LogP contribution in [0.1, 0.15) is 51.2 Å². The van der Waals surface area contributed by atoms with E-state index in [9.17, 15) is 14.4 Å². The van der Waals surface area contributed by atoms with E-state index in [-0.39, 0.29) is 18.2 Å². The predicted octanol–water partition coefficient (Wildman–Crippen LogP) is 3.20. The number of rotatable bonds is 3. The lowest BCUT2D eigenvalue weighted by Crippen LogP contribution is -2.46. The van der Waals surface area contributed by atoms with Crippen molar-refractivity contribution in [1.29, 1.82) is 0 Å². The first-order valence-corrected chi connectivity index (χ1v) is 10.3. The molecule has 1 aromatic heterocycles. The number of hydrogen-bond acceptors (Lipinski definition) is 4. The maximum absolute atomic E-state index is 13.2. The lowest BCUT2D eigenvalue weighted by Gasteiger charge is -2.31. The molecule has 3 aliphatic rings. The number of nitrogens with one attached hydrogen (secondary N) is 1. The number of carbonyl (C=O) groups excluding carboxylic acids is 3. The van der Waals surface area contributed by atoms with Crippen LogP contribution in [0.2, 0.25) is 0 Å². The number of ketones is 1. The molecule has 2 heterocycles. The van der Waals surface area contributed by atoms with Gasteiger partial charge in [0, 0.05) is 16.0 Å². The number of fused-ring (bicyclic) bond motifs is 3. The van der Waals surface area contributed by atoms with Crippen LogP contribution in [0, 0.1) is 0 Å². The molecule has 2 aliphatic carbocycles. The maximum Gasteiger partial charge on any atom is 0.325 e. The van der Waals surface area contributed by atoms with Crippen molar-refractivity contribution >= 4 is 29.1 Å². The second kappa shape index (κ2) is 6.02. The van der Waals surface area contributed by atoms with Gasteiger partial charge in [-0.15, -0.1) is 11.3 Å². The van der Waals surface area contributed by atoms with Crippen LogP contribution in [0.4, 0.5) is 4.79 Å². The number of hydrogen-bond donors (Lipinski definition) is 1. The minimum absolute atomic E-state index is 0.188. The van der Waals surface area contributed by atoms with Gasteiger partial charge in [-0.3, -0.25) is 14.5 Å². The number of nitrogens with zero attached hydrogens (tertiary/aromatic N) is 1. The minimum atomic E-state index is -0.983. The highest BCUT2D eigenvalue weighted by Crippen LogP contribution is 2.42. The van der Waals surface area contributed by atoms with Crippen molar-refractivity contribution in [2.75, 3.05) is 6.54 Å². The highest BCUT2D eigenvalue weighted by molar-refractivity contribution is 7.10. The quantitative estimate of drug-likeness (QED) is 0.657. The lowest BCUT2D eigenvalue weighted by atomic mass is 9.80. The van der Waals surface area contributed by atoms with Crippen LogP contribution < -0.4 is 5.32 Å². The average Bonchev–Trinajstić information content (AvgIpc) is 3.37. The van der Waals surface area contributed by atoms with E-state index < -0.39 is 11.6 Å². The maximum atomic E-state index is 13.2. The van der Waals surface area contributed by atoms with Gasteiger partial charge in [-0.2, -0.15) is 0 Å². The summed E-state index contributed by atoms with van der Waals surface area (Å²) < 4.78 is 0. The fourth-order valence-electron chi connectivity index (χ4n) is 4.67. The van der Waals surface area contributed by atoms with Gasteiger partial charge < -0.3 is 5.32 Å². The zero-order valence-corrected chi connectivity index (χ0v) is 15.7. The van der Waals surface area contributed by atoms with Gasteiger partial charge in [0.1, 0.15) is 5.54 Å². The van der Waals surface area contributed by atoms with Crippen molar-refractivity contribution in [3.05, 3.63) is 56.8 Å². The molecule has 1 spiro atoms. The fraction of sp³-hybridized carbons (Fsp3) is 0.381. The molecular formula is C21H20N2O3S. The van der Waals surface area contributed by atoms with Crippen LogP contribution in [0.3, 0.4) is 0 Å². The topological polar surface area (TPSA) is 66.5 Å². The van der Waals surface area contributed by atoms with Crippen LogP contribution in [-0.4, -0.2) is 29.2 Å². The number of urea groups is 1. The van der Waals surface area contributed by atoms with Gasteiger partial charge in [-0.05, 0) is 67.2 Å². The van der Waals surface area contributed by atoms with E-state index in [1.165, 1.54) is 11.1 Å². The van der Waals surface area contributed by atoms with Crippen LogP contribution in [-0.2, 0) is 29.6 Å².